The van der Waals surface area contributed by atoms with Gasteiger partial charge < -0.3 is 0 Å². The van der Waals surface area contributed by atoms with Crippen LogP contribution in [0.25, 0.3) is 88.5 Å². The highest BCUT2D eigenvalue weighted by molar-refractivity contribution is 6.10. The van der Waals surface area contributed by atoms with Crippen LogP contribution in [0.2, 0.25) is 0 Å². The standard InChI is InChI=1S/C41H25N5/c1-2-19-42-36(10-1)37-18-16-27-12-14-31(25-39(27)46-37)35-17-15-26-11-13-29(24-38(26)45-35)28-6-3-7-30(22-28)34-23-32-8-4-20-43-40(32)41-33(34)9-5-21-44-41/h1-25H. The average Bonchev–Trinajstić information content (AvgIpc) is 3.14. The maximum absolute atomic E-state index is 5.12. The lowest BCUT2D eigenvalue weighted by atomic mass is 9.94. The number of aromatic nitrogens is 5. The molecule has 0 saturated heterocycles. The summed E-state index contributed by atoms with van der Waals surface area (Å²) in [6, 6.07) is 46.2. The van der Waals surface area contributed by atoms with Gasteiger partial charge in [0.05, 0.1) is 39.1 Å². The van der Waals surface area contributed by atoms with Crippen LogP contribution in [0.3, 0.4) is 0 Å². The van der Waals surface area contributed by atoms with Crippen LogP contribution in [0.15, 0.2) is 152 Å². The molecule has 5 aromatic heterocycles. The molecule has 0 aliphatic carbocycles. The largest absolute Gasteiger partial charge is 0.255 e. The molecular weight excluding hydrogens is 562 g/mol. The zero-order chi connectivity index (χ0) is 30.5. The second-order valence-electron chi connectivity index (χ2n) is 11.4. The summed E-state index contributed by atoms with van der Waals surface area (Å²) in [7, 11) is 0. The van der Waals surface area contributed by atoms with E-state index in [1.54, 1.807) is 6.20 Å². The van der Waals surface area contributed by atoms with Crippen molar-refractivity contribution < 1.29 is 0 Å². The van der Waals surface area contributed by atoms with E-state index in [9.17, 15) is 0 Å². The van der Waals surface area contributed by atoms with Crippen molar-refractivity contribution in [2.24, 2.45) is 0 Å². The lowest BCUT2D eigenvalue weighted by molar-refractivity contribution is 1.28. The molecule has 0 aliphatic heterocycles. The third-order valence-corrected chi connectivity index (χ3v) is 8.58. The first-order chi connectivity index (χ1) is 22.8. The van der Waals surface area contributed by atoms with Crippen LogP contribution in [0, 0.1) is 0 Å². The molecule has 0 saturated carbocycles. The first-order valence-corrected chi connectivity index (χ1v) is 15.2. The molecular formula is C41H25N5. The second kappa shape index (κ2) is 10.7. The Morgan fingerprint density at radius 2 is 1.02 bits per heavy atom. The van der Waals surface area contributed by atoms with Crippen LogP contribution in [0.1, 0.15) is 0 Å². The summed E-state index contributed by atoms with van der Waals surface area (Å²) in [5.74, 6) is 0. The Labute approximate surface area is 264 Å². The van der Waals surface area contributed by atoms with E-state index in [0.29, 0.717) is 0 Å². The molecule has 0 aliphatic rings. The lowest BCUT2D eigenvalue weighted by Crippen LogP contribution is -1.90. The van der Waals surface area contributed by atoms with E-state index in [1.807, 2.05) is 48.8 Å². The fourth-order valence-electron chi connectivity index (χ4n) is 6.27. The van der Waals surface area contributed by atoms with Crippen molar-refractivity contribution >= 4 is 43.6 Å². The molecule has 9 rings (SSSR count). The number of fused-ring (bicyclic) bond motifs is 5. The predicted octanol–water partition coefficient (Wildman–Crippen LogP) is 9.94. The van der Waals surface area contributed by atoms with E-state index < -0.39 is 0 Å². The Balaban J connectivity index is 1.11. The first kappa shape index (κ1) is 26.1. The quantitative estimate of drug-likeness (QED) is 0.192. The fourth-order valence-corrected chi connectivity index (χ4v) is 6.27. The van der Waals surface area contributed by atoms with Crippen LogP contribution in [-0.4, -0.2) is 24.9 Å². The number of hydrogen-bond donors (Lipinski definition) is 0. The Kier molecular flexibility index (Phi) is 6.06. The molecule has 0 spiro atoms. The molecule has 0 atom stereocenters. The highest BCUT2D eigenvalue weighted by atomic mass is 14.8. The lowest BCUT2D eigenvalue weighted by Gasteiger charge is -2.12. The number of pyridine rings is 5. The van der Waals surface area contributed by atoms with E-state index in [-0.39, 0.29) is 0 Å². The van der Waals surface area contributed by atoms with Crippen LogP contribution >= 0.6 is 0 Å². The summed E-state index contributed by atoms with van der Waals surface area (Å²) in [6.45, 7) is 0. The number of benzene rings is 4. The molecule has 4 aromatic carbocycles. The molecule has 5 heteroatoms. The molecule has 0 bridgehead atoms. The van der Waals surface area contributed by atoms with Gasteiger partial charge in [0.2, 0.25) is 0 Å². The zero-order valence-corrected chi connectivity index (χ0v) is 24.7. The van der Waals surface area contributed by atoms with E-state index in [2.05, 4.69) is 107 Å². The van der Waals surface area contributed by atoms with Gasteiger partial charge in [-0.25, -0.2) is 9.97 Å². The molecule has 0 unspecified atom stereocenters. The molecule has 46 heavy (non-hydrogen) atoms. The Morgan fingerprint density at radius 1 is 0.348 bits per heavy atom. The number of nitrogens with zero attached hydrogens (tertiary/aromatic N) is 5. The molecule has 0 N–H and O–H groups in total. The van der Waals surface area contributed by atoms with Gasteiger partial charge in [-0.1, -0.05) is 72.8 Å². The number of rotatable bonds is 4. The fraction of sp³-hybridized carbons (Fsp3) is 0. The minimum atomic E-state index is 0.855. The van der Waals surface area contributed by atoms with Gasteiger partial charge in [-0.3, -0.25) is 15.0 Å². The van der Waals surface area contributed by atoms with Crippen LogP contribution < -0.4 is 0 Å². The summed E-state index contributed by atoms with van der Waals surface area (Å²) < 4.78 is 0. The summed E-state index contributed by atoms with van der Waals surface area (Å²) >= 11 is 0. The van der Waals surface area contributed by atoms with Crippen molar-refractivity contribution in [2.75, 3.05) is 0 Å². The van der Waals surface area contributed by atoms with E-state index >= 15 is 0 Å². The smallest absolute Gasteiger partial charge is 0.0970 e. The third-order valence-electron chi connectivity index (χ3n) is 8.58. The summed E-state index contributed by atoms with van der Waals surface area (Å²) in [5.41, 5.74) is 11.9. The van der Waals surface area contributed by atoms with Crippen molar-refractivity contribution in [3.8, 4) is 44.9 Å². The normalized spacial score (nSPS) is 11.5. The second-order valence-corrected chi connectivity index (χ2v) is 11.4. The SMILES string of the molecule is c1ccc(-c2ccc3ccc(-c4ccc5ccc(-c6cccc(-c7cc8cccnc8c8ncccc78)c6)cc5n4)cc3n2)nc1. The van der Waals surface area contributed by atoms with E-state index in [1.165, 1.54) is 0 Å². The van der Waals surface area contributed by atoms with Crippen molar-refractivity contribution in [1.82, 2.24) is 24.9 Å². The minimum absolute atomic E-state index is 0.855. The molecule has 5 heterocycles. The maximum atomic E-state index is 5.12. The van der Waals surface area contributed by atoms with Gasteiger partial charge in [0.25, 0.3) is 0 Å². The molecule has 0 fully saturated rings. The van der Waals surface area contributed by atoms with Crippen molar-refractivity contribution in [3.05, 3.63) is 152 Å². The molecule has 0 amide bonds. The minimum Gasteiger partial charge on any atom is -0.255 e. The van der Waals surface area contributed by atoms with Crippen LogP contribution in [-0.2, 0) is 0 Å². The van der Waals surface area contributed by atoms with Crippen molar-refractivity contribution in [3.63, 3.8) is 0 Å². The Bertz CT molecular complexity index is 2600. The summed E-state index contributed by atoms with van der Waals surface area (Å²) in [4.78, 5) is 23.8. The topological polar surface area (TPSA) is 64.5 Å². The monoisotopic (exact) mass is 587 g/mol. The van der Waals surface area contributed by atoms with Gasteiger partial charge in [0.15, 0.2) is 0 Å². The van der Waals surface area contributed by atoms with E-state index in [4.69, 9.17) is 15.0 Å². The Morgan fingerprint density at radius 3 is 1.87 bits per heavy atom. The zero-order valence-electron chi connectivity index (χ0n) is 24.7. The van der Waals surface area contributed by atoms with E-state index in [0.717, 1.165) is 88.5 Å². The molecule has 0 radical (unpaired) electrons. The van der Waals surface area contributed by atoms with Gasteiger partial charge in [0, 0.05) is 45.7 Å². The van der Waals surface area contributed by atoms with Gasteiger partial charge in [-0.15, -0.1) is 0 Å². The highest BCUT2D eigenvalue weighted by Gasteiger charge is 2.12. The molecule has 5 nitrogen and oxygen atoms in total. The average molecular weight is 588 g/mol. The highest BCUT2D eigenvalue weighted by Crippen LogP contribution is 2.35. The maximum Gasteiger partial charge on any atom is 0.0970 e. The van der Waals surface area contributed by atoms with Crippen LogP contribution in [0.5, 0.6) is 0 Å². The molecule has 9 aromatic rings. The predicted molar refractivity (Wildman–Crippen MR) is 187 cm³/mol. The number of hydrogen-bond acceptors (Lipinski definition) is 5. The van der Waals surface area contributed by atoms with Crippen molar-refractivity contribution in [1.29, 1.82) is 0 Å². The van der Waals surface area contributed by atoms with Gasteiger partial charge in [-0.05, 0) is 82.9 Å². The third kappa shape index (κ3) is 4.54. The van der Waals surface area contributed by atoms with Gasteiger partial charge >= 0.3 is 0 Å². The summed E-state index contributed by atoms with van der Waals surface area (Å²) in [5, 5.41) is 4.35. The Hall–Kier alpha value is -6.33. The summed E-state index contributed by atoms with van der Waals surface area (Å²) in [6.07, 6.45) is 5.45. The van der Waals surface area contributed by atoms with Crippen LogP contribution in [0.4, 0.5) is 0 Å². The molecule has 214 valence electrons. The van der Waals surface area contributed by atoms with Gasteiger partial charge in [-0.2, -0.15) is 0 Å². The van der Waals surface area contributed by atoms with Crippen molar-refractivity contribution in [2.45, 2.75) is 0 Å². The van der Waals surface area contributed by atoms with Gasteiger partial charge in [0.1, 0.15) is 0 Å². The first-order valence-electron chi connectivity index (χ1n) is 15.2.